The number of hydrogen-bond acceptors (Lipinski definition) is 5. The number of allylic oxidation sites excluding steroid dienone is 1. The molecule has 0 saturated carbocycles. The summed E-state index contributed by atoms with van der Waals surface area (Å²) in [5.41, 5.74) is 7.90. The quantitative estimate of drug-likeness (QED) is 0.852. The van der Waals surface area contributed by atoms with Crippen LogP contribution in [0.2, 0.25) is 0 Å². The number of benzene rings is 1. The van der Waals surface area contributed by atoms with Gasteiger partial charge in [-0.25, -0.2) is 4.98 Å². The molecule has 3 nitrogen and oxygen atoms in total. The molecule has 1 aliphatic rings. The summed E-state index contributed by atoms with van der Waals surface area (Å²) in [7, 11) is 0. The lowest BCUT2D eigenvalue weighted by atomic mass is 9.95. The zero-order chi connectivity index (χ0) is 15.5. The fraction of sp³-hybridized carbons (Fsp3) is 0.353. The summed E-state index contributed by atoms with van der Waals surface area (Å²) in [5.74, 6) is 0.467. The van der Waals surface area contributed by atoms with E-state index in [-0.39, 0.29) is 0 Å². The Morgan fingerprint density at radius 3 is 2.59 bits per heavy atom. The van der Waals surface area contributed by atoms with Crippen molar-refractivity contribution >= 4 is 28.2 Å². The van der Waals surface area contributed by atoms with Crippen LogP contribution in [0.3, 0.4) is 0 Å². The van der Waals surface area contributed by atoms with Crippen molar-refractivity contribution in [2.45, 2.75) is 17.7 Å². The molecular formula is C17H21N3S2. The molecule has 1 aliphatic heterocycles. The second-order valence-electron chi connectivity index (χ2n) is 5.57. The van der Waals surface area contributed by atoms with Crippen molar-refractivity contribution in [2.24, 2.45) is 11.7 Å². The van der Waals surface area contributed by atoms with Crippen molar-refractivity contribution in [1.29, 1.82) is 0 Å². The van der Waals surface area contributed by atoms with E-state index in [9.17, 15) is 0 Å². The maximum Gasteiger partial charge on any atom is 0.185 e. The van der Waals surface area contributed by atoms with E-state index in [0.717, 1.165) is 36.8 Å². The SMILES string of the molecule is C=C(N)C1CCN(c2ncc(-c3ccc(SC)cc3)s2)CC1. The first-order chi connectivity index (χ1) is 10.7. The van der Waals surface area contributed by atoms with Crippen LogP contribution < -0.4 is 10.6 Å². The summed E-state index contributed by atoms with van der Waals surface area (Å²) >= 11 is 3.54. The highest BCUT2D eigenvalue weighted by Crippen LogP contribution is 2.34. The monoisotopic (exact) mass is 331 g/mol. The summed E-state index contributed by atoms with van der Waals surface area (Å²) < 4.78 is 0. The first-order valence-corrected chi connectivity index (χ1v) is 9.51. The van der Waals surface area contributed by atoms with Crippen LogP contribution in [0.1, 0.15) is 12.8 Å². The normalized spacial score (nSPS) is 16.0. The number of piperidine rings is 1. The van der Waals surface area contributed by atoms with Gasteiger partial charge in [0.2, 0.25) is 0 Å². The summed E-state index contributed by atoms with van der Waals surface area (Å²) in [4.78, 5) is 9.50. The molecule has 5 heteroatoms. The molecule has 1 saturated heterocycles. The molecule has 1 aromatic carbocycles. The third-order valence-corrected chi connectivity index (χ3v) is 6.01. The van der Waals surface area contributed by atoms with Gasteiger partial charge < -0.3 is 10.6 Å². The van der Waals surface area contributed by atoms with Crippen LogP contribution in [0.5, 0.6) is 0 Å². The maximum absolute atomic E-state index is 5.83. The van der Waals surface area contributed by atoms with E-state index in [2.05, 4.69) is 47.0 Å². The average molecular weight is 332 g/mol. The lowest BCUT2D eigenvalue weighted by Gasteiger charge is -2.31. The van der Waals surface area contributed by atoms with Crippen LogP contribution in [0.4, 0.5) is 5.13 Å². The number of thioether (sulfide) groups is 1. The highest BCUT2D eigenvalue weighted by Gasteiger charge is 2.22. The molecule has 3 rings (SSSR count). The van der Waals surface area contributed by atoms with E-state index >= 15 is 0 Å². The molecule has 2 heterocycles. The van der Waals surface area contributed by atoms with Crippen LogP contribution >= 0.6 is 23.1 Å². The average Bonchev–Trinajstić information content (AvgIpc) is 3.05. The Bertz CT molecular complexity index is 640. The van der Waals surface area contributed by atoms with Crippen LogP contribution in [0, 0.1) is 5.92 Å². The van der Waals surface area contributed by atoms with Crippen molar-refractivity contribution in [1.82, 2.24) is 4.98 Å². The third kappa shape index (κ3) is 3.31. The lowest BCUT2D eigenvalue weighted by Crippen LogP contribution is -2.35. The smallest absolute Gasteiger partial charge is 0.185 e. The van der Waals surface area contributed by atoms with Gasteiger partial charge in [0.1, 0.15) is 0 Å². The molecule has 0 unspecified atom stereocenters. The number of anilines is 1. The van der Waals surface area contributed by atoms with Gasteiger partial charge >= 0.3 is 0 Å². The molecule has 0 amide bonds. The number of nitrogens with two attached hydrogens (primary N) is 1. The Morgan fingerprint density at radius 1 is 1.32 bits per heavy atom. The highest BCUT2D eigenvalue weighted by molar-refractivity contribution is 7.98. The minimum Gasteiger partial charge on any atom is -0.402 e. The Hall–Kier alpha value is -1.46. The van der Waals surface area contributed by atoms with Gasteiger partial charge in [-0.1, -0.05) is 30.0 Å². The summed E-state index contributed by atoms with van der Waals surface area (Å²) in [5, 5.41) is 1.12. The van der Waals surface area contributed by atoms with Crippen LogP contribution in [-0.2, 0) is 0 Å². The van der Waals surface area contributed by atoms with E-state index < -0.39 is 0 Å². The minimum atomic E-state index is 0.467. The van der Waals surface area contributed by atoms with Gasteiger partial charge in [-0.05, 0) is 36.8 Å². The van der Waals surface area contributed by atoms with E-state index in [4.69, 9.17) is 5.73 Å². The van der Waals surface area contributed by atoms with Gasteiger partial charge in [0, 0.05) is 35.8 Å². The second-order valence-corrected chi connectivity index (χ2v) is 7.46. The fourth-order valence-corrected chi connectivity index (χ4v) is 4.12. The predicted octanol–water partition coefficient (Wildman–Crippen LogP) is 4.22. The topological polar surface area (TPSA) is 42.1 Å². The number of hydrogen-bond donors (Lipinski definition) is 1. The standard InChI is InChI=1S/C17H21N3S2/c1-12(18)13-7-9-20(10-8-13)17-19-11-16(22-17)14-3-5-15(21-2)6-4-14/h3-6,11,13H,1,7-10,18H2,2H3. The molecule has 0 spiro atoms. The van der Waals surface area contributed by atoms with Crippen molar-refractivity contribution in [3.05, 3.63) is 42.7 Å². The Morgan fingerprint density at radius 2 is 2.00 bits per heavy atom. The van der Waals surface area contributed by atoms with Gasteiger partial charge in [0.15, 0.2) is 5.13 Å². The Balaban J connectivity index is 1.70. The number of aromatic nitrogens is 1. The maximum atomic E-state index is 5.83. The molecule has 2 aromatic rings. The largest absolute Gasteiger partial charge is 0.402 e. The molecule has 1 fully saturated rings. The van der Waals surface area contributed by atoms with Crippen molar-refractivity contribution in [3.8, 4) is 10.4 Å². The van der Waals surface area contributed by atoms with Crippen LogP contribution in [-0.4, -0.2) is 24.3 Å². The first-order valence-electron chi connectivity index (χ1n) is 7.47. The molecular weight excluding hydrogens is 310 g/mol. The zero-order valence-electron chi connectivity index (χ0n) is 12.8. The van der Waals surface area contributed by atoms with Crippen molar-refractivity contribution in [2.75, 3.05) is 24.2 Å². The summed E-state index contributed by atoms with van der Waals surface area (Å²) in [6.07, 6.45) is 6.24. The number of nitrogens with zero attached hydrogens (tertiary/aromatic N) is 2. The number of rotatable bonds is 4. The van der Waals surface area contributed by atoms with Gasteiger partial charge in [0.25, 0.3) is 0 Å². The van der Waals surface area contributed by atoms with Gasteiger partial charge in [-0.2, -0.15) is 0 Å². The van der Waals surface area contributed by atoms with Crippen LogP contribution in [0.25, 0.3) is 10.4 Å². The summed E-state index contributed by atoms with van der Waals surface area (Å²) in [6, 6.07) is 8.68. The molecule has 0 bridgehead atoms. The van der Waals surface area contributed by atoms with Gasteiger partial charge in [-0.3, -0.25) is 0 Å². The first kappa shape index (κ1) is 15.4. The van der Waals surface area contributed by atoms with E-state index in [1.807, 2.05) is 6.20 Å². The van der Waals surface area contributed by atoms with Gasteiger partial charge in [0.05, 0.1) is 4.88 Å². The van der Waals surface area contributed by atoms with Crippen molar-refractivity contribution < 1.29 is 0 Å². The fourth-order valence-electron chi connectivity index (χ4n) is 2.74. The molecule has 116 valence electrons. The minimum absolute atomic E-state index is 0.467. The highest BCUT2D eigenvalue weighted by atomic mass is 32.2. The van der Waals surface area contributed by atoms with Crippen LogP contribution in [0.15, 0.2) is 47.6 Å². The summed E-state index contributed by atoms with van der Waals surface area (Å²) in [6.45, 7) is 5.91. The zero-order valence-corrected chi connectivity index (χ0v) is 14.4. The van der Waals surface area contributed by atoms with Crippen molar-refractivity contribution in [3.63, 3.8) is 0 Å². The van der Waals surface area contributed by atoms with Gasteiger partial charge in [-0.15, -0.1) is 11.8 Å². The Kier molecular flexibility index (Phi) is 4.74. The lowest BCUT2D eigenvalue weighted by molar-refractivity contribution is 0.456. The van der Waals surface area contributed by atoms with E-state index in [1.165, 1.54) is 15.3 Å². The Labute approximate surface area is 140 Å². The molecule has 0 aliphatic carbocycles. The van der Waals surface area contributed by atoms with E-state index in [0.29, 0.717) is 5.92 Å². The molecule has 22 heavy (non-hydrogen) atoms. The number of thiazole rings is 1. The van der Waals surface area contributed by atoms with E-state index in [1.54, 1.807) is 23.1 Å². The predicted molar refractivity (Wildman–Crippen MR) is 97.6 cm³/mol. The molecule has 2 N–H and O–H groups in total. The molecule has 0 radical (unpaired) electrons. The molecule has 0 atom stereocenters. The second kappa shape index (κ2) is 6.75. The molecule has 1 aromatic heterocycles. The third-order valence-electron chi connectivity index (χ3n) is 4.16.